The smallest absolute Gasteiger partial charge is 0.313 e. The molecule has 0 saturated carbocycles. The lowest BCUT2D eigenvalue weighted by Crippen LogP contribution is -2.36. The van der Waals surface area contributed by atoms with Gasteiger partial charge in [0.1, 0.15) is 0 Å². The first kappa shape index (κ1) is 14.4. The Bertz CT molecular complexity index is 185. The van der Waals surface area contributed by atoms with Crippen molar-refractivity contribution in [1.82, 2.24) is 5.32 Å². The van der Waals surface area contributed by atoms with Crippen molar-refractivity contribution >= 4 is 5.97 Å². The van der Waals surface area contributed by atoms with Crippen LogP contribution in [-0.4, -0.2) is 37.9 Å². The Kier molecular flexibility index (Phi) is 7.34. The Hall–Kier alpha value is -0.610. The minimum atomic E-state index is -0.770. The van der Waals surface area contributed by atoms with E-state index in [2.05, 4.69) is 17.0 Å². The molecule has 0 aromatic rings. The number of aliphatic hydroxyl groups is 1. The van der Waals surface area contributed by atoms with Crippen LogP contribution < -0.4 is 5.32 Å². The maximum Gasteiger partial charge on any atom is 0.313 e. The van der Waals surface area contributed by atoms with E-state index in [-0.39, 0.29) is 12.6 Å². The van der Waals surface area contributed by atoms with Crippen LogP contribution in [0.1, 0.15) is 33.1 Å². The summed E-state index contributed by atoms with van der Waals surface area (Å²) in [7, 11) is 1.35. The van der Waals surface area contributed by atoms with Gasteiger partial charge in [-0.15, -0.1) is 0 Å². The van der Waals surface area contributed by atoms with Crippen LogP contribution in [0.3, 0.4) is 0 Å². The Morgan fingerprint density at radius 3 is 2.60 bits per heavy atom. The van der Waals surface area contributed by atoms with Crippen molar-refractivity contribution in [1.29, 1.82) is 0 Å². The van der Waals surface area contributed by atoms with Gasteiger partial charge < -0.3 is 15.2 Å². The van der Waals surface area contributed by atoms with Crippen LogP contribution in [0.15, 0.2) is 0 Å². The molecule has 1 unspecified atom stereocenters. The van der Waals surface area contributed by atoms with Crippen LogP contribution in [0.2, 0.25) is 0 Å². The first-order chi connectivity index (χ1) is 7.10. The summed E-state index contributed by atoms with van der Waals surface area (Å²) in [5, 5.41) is 12.4. The standard InChI is InChI=1S/C11H23NO3/c1-4-5-7-12-8-6-11(2,9-13)10(14)15-3/h12-13H,4-9H2,1-3H3. The Morgan fingerprint density at radius 2 is 2.13 bits per heavy atom. The summed E-state index contributed by atoms with van der Waals surface area (Å²) < 4.78 is 4.66. The quantitative estimate of drug-likeness (QED) is 0.469. The van der Waals surface area contributed by atoms with E-state index >= 15 is 0 Å². The van der Waals surface area contributed by atoms with E-state index in [4.69, 9.17) is 5.11 Å². The number of esters is 1. The van der Waals surface area contributed by atoms with Gasteiger partial charge in [0.2, 0.25) is 0 Å². The highest BCUT2D eigenvalue weighted by Gasteiger charge is 2.32. The molecule has 0 aliphatic heterocycles. The Balaban J connectivity index is 3.83. The zero-order valence-corrected chi connectivity index (χ0v) is 10.0. The van der Waals surface area contributed by atoms with Gasteiger partial charge in [-0.05, 0) is 32.9 Å². The summed E-state index contributed by atoms with van der Waals surface area (Å²) >= 11 is 0. The van der Waals surface area contributed by atoms with Gasteiger partial charge in [0.15, 0.2) is 0 Å². The number of rotatable bonds is 8. The molecule has 0 spiro atoms. The van der Waals surface area contributed by atoms with Crippen molar-refractivity contribution in [3.63, 3.8) is 0 Å². The van der Waals surface area contributed by atoms with E-state index in [0.717, 1.165) is 25.9 Å². The molecule has 0 aliphatic rings. The summed E-state index contributed by atoms with van der Waals surface area (Å²) in [5.74, 6) is -0.345. The molecule has 0 aliphatic carbocycles. The zero-order chi connectivity index (χ0) is 11.7. The van der Waals surface area contributed by atoms with Crippen molar-refractivity contribution in [3.05, 3.63) is 0 Å². The highest BCUT2D eigenvalue weighted by Crippen LogP contribution is 2.21. The highest BCUT2D eigenvalue weighted by molar-refractivity contribution is 5.76. The molecule has 0 rings (SSSR count). The van der Waals surface area contributed by atoms with Crippen LogP contribution in [0.5, 0.6) is 0 Å². The number of aliphatic hydroxyl groups excluding tert-OH is 1. The lowest BCUT2D eigenvalue weighted by Gasteiger charge is -2.24. The molecule has 0 fully saturated rings. The van der Waals surface area contributed by atoms with Crippen molar-refractivity contribution in [3.8, 4) is 0 Å². The molecular weight excluding hydrogens is 194 g/mol. The minimum absolute atomic E-state index is 0.171. The SMILES string of the molecule is CCCCNCCC(C)(CO)C(=O)OC. The first-order valence-corrected chi connectivity index (χ1v) is 5.50. The van der Waals surface area contributed by atoms with Crippen LogP contribution in [-0.2, 0) is 9.53 Å². The predicted octanol–water partition coefficient (Wildman–Crippen LogP) is 0.938. The molecular formula is C11H23NO3. The van der Waals surface area contributed by atoms with E-state index in [1.807, 2.05) is 0 Å². The largest absolute Gasteiger partial charge is 0.469 e. The second kappa shape index (κ2) is 7.65. The Labute approximate surface area is 92.0 Å². The fourth-order valence-electron chi connectivity index (χ4n) is 1.28. The van der Waals surface area contributed by atoms with Crippen molar-refractivity contribution in [2.24, 2.45) is 5.41 Å². The average Bonchev–Trinajstić information content (AvgIpc) is 2.27. The molecule has 0 aromatic heterocycles. The molecule has 90 valence electrons. The molecule has 0 amide bonds. The van der Waals surface area contributed by atoms with E-state index in [0.29, 0.717) is 6.42 Å². The molecule has 0 bridgehead atoms. The molecule has 15 heavy (non-hydrogen) atoms. The fourth-order valence-corrected chi connectivity index (χ4v) is 1.28. The topological polar surface area (TPSA) is 58.6 Å². The maximum atomic E-state index is 11.4. The van der Waals surface area contributed by atoms with Gasteiger partial charge in [0.25, 0.3) is 0 Å². The number of carbonyl (C=O) groups excluding carboxylic acids is 1. The molecule has 1 atom stereocenters. The van der Waals surface area contributed by atoms with Gasteiger partial charge in [0.05, 0.1) is 19.1 Å². The molecule has 0 aromatic carbocycles. The summed E-state index contributed by atoms with van der Waals surface area (Å²) in [6.45, 7) is 5.37. The number of carbonyl (C=O) groups is 1. The second-order valence-electron chi connectivity index (χ2n) is 4.06. The molecule has 4 heteroatoms. The van der Waals surface area contributed by atoms with E-state index in [1.54, 1.807) is 6.92 Å². The third kappa shape index (κ3) is 5.14. The predicted molar refractivity (Wildman–Crippen MR) is 59.6 cm³/mol. The number of methoxy groups -OCH3 is 1. The number of ether oxygens (including phenoxy) is 1. The molecule has 0 heterocycles. The van der Waals surface area contributed by atoms with Gasteiger partial charge in [0, 0.05) is 0 Å². The molecule has 0 saturated heterocycles. The molecule has 4 nitrogen and oxygen atoms in total. The van der Waals surface area contributed by atoms with Crippen molar-refractivity contribution in [2.45, 2.75) is 33.1 Å². The highest BCUT2D eigenvalue weighted by atomic mass is 16.5. The number of nitrogens with one attached hydrogen (secondary N) is 1. The van der Waals surface area contributed by atoms with Gasteiger partial charge in [-0.3, -0.25) is 4.79 Å². The lowest BCUT2D eigenvalue weighted by atomic mass is 9.88. The number of hydrogen-bond acceptors (Lipinski definition) is 4. The zero-order valence-electron chi connectivity index (χ0n) is 10.0. The van der Waals surface area contributed by atoms with E-state index in [9.17, 15) is 4.79 Å². The molecule has 2 N–H and O–H groups in total. The fraction of sp³-hybridized carbons (Fsp3) is 0.909. The average molecular weight is 217 g/mol. The van der Waals surface area contributed by atoms with Gasteiger partial charge in [-0.2, -0.15) is 0 Å². The minimum Gasteiger partial charge on any atom is -0.469 e. The van der Waals surface area contributed by atoms with Gasteiger partial charge in [-0.1, -0.05) is 13.3 Å². The van der Waals surface area contributed by atoms with Crippen LogP contribution in [0, 0.1) is 5.41 Å². The molecule has 0 radical (unpaired) electrons. The van der Waals surface area contributed by atoms with Crippen LogP contribution in [0.25, 0.3) is 0 Å². The maximum absolute atomic E-state index is 11.4. The summed E-state index contributed by atoms with van der Waals surface area (Å²) in [5.41, 5.74) is -0.770. The normalized spacial score (nSPS) is 14.7. The summed E-state index contributed by atoms with van der Waals surface area (Å²) in [6, 6.07) is 0. The van der Waals surface area contributed by atoms with Crippen molar-refractivity contribution in [2.75, 3.05) is 26.8 Å². The second-order valence-corrected chi connectivity index (χ2v) is 4.06. The Morgan fingerprint density at radius 1 is 1.47 bits per heavy atom. The van der Waals surface area contributed by atoms with E-state index < -0.39 is 5.41 Å². The number of unbranched alkanes of at least 4 members (excludes halogenated alkanes) is 1. The van der Waals surface area contributed by atoms with Crippen LogP contribution >= 0.6 is 0 Å². The lowest BCUT2D eigenvalue weighted by molar-refractivity contribution is -0.154. The monoisotopic (exact) mass is 217 g/mol. The third-order valence-corrected chi connectivity index (χ3v) is 2.59. The van der Waals surface area contributed by atoms with Gasteiger partial charge >= 0.3 is 5.97 Å². The van der Waals surface area contributed by atoms with Gasteiger partial charge in [-0.25, -0.2) is 0 Å². The summed E-state index contributed by atoms with van der Waals surface area (Å²) in [4.78, 5) is 11.4. The first-order valence-electron chi connectivity index (χ1n) is 5.50. The van der Waals surface area contributed by atoms with Crippen LogP contribution in [0.4, 0.5) is 0 Å². The van der Waals surface area contributed by atoms with Crippen molar-refractivity contribution < 1.29 is 14.6 Å². The number of hydrogen-bond donors (Lipinski definition) is 2. The summed E-state index contributed by atoms with van der Waals surface area (Å²) in [6.07, 6.45) is 2.88. The van der Waals surface area contributed by atoms with E-state index in [1.165, 1.54) is 7.11 Å². The third-order valence-electron chi connectivity index (χ3n) is 2.59.